The number of benzene rings is 2. The predicted octanol–water partition coefficient (Wildman–Crippen LogP) is 3.36. The Labute approximate surface area is 136 Å². The molecule has 1 amide bonds. The molecule has 0 fully saturated rings. The van der Waals surface area contributed by atoms with Gasteiger partial charge in [-0.25, -0.2) is 0 Å². The highest BCUT2D eigenvalue weighted by molar-refractivity contribution is 5.82. The predicted molar refractivity (Wildman–Crippen MR) is 92.1 cm³/mol. The molecule has 4 nitrogen and oxygen atoms in total. The third-order valence-corrected chi connectivity index (χ3v) is 4.19. The molecule has 3 aromatic rings. The minimum Gasteiger partial charge on any atom is -0.352 e. The van der Waals surface area contributed by atoms with Gasteiger partial charge in [0.2, 0.25) is 5.91 Å². The fourth-order valence-electron chi connectivity index (χ4n) is 2.72. The summed E-state index contributed by atoms with van der Waals surface area (Å²) in [6, 6.07) is 14.2. The summed E-state index contributed by atoms with van der Waals surface area (Å²) in [6.07, 6.45) is 2.30. The Morgan fingerprint density at radius 1 is 1.09 bits per heavy atom. The van der Waals surface area contributed by atoms with Crippen LogP contribution in [-0.2, 0) is 17.9 Å². The Morgan fingerprint density at radius 2 is 1.87 bits per heavy atom. The molecule has 23 heavy (non-hydrogen) atoms. The van der Waals surface area contributed by atoms with Crippen LogP contribution in [0.3, 0.4) is 0 Å². The zero-order chi connectivity index (χ0) is 16.2. The van der Waals surface area contributed by atoms with E-state index in [1.807, 2.05) is 41.2 Å². The lowest BCUT2D eigenvalue weighted by Gasteiger charge is -2.08. The molecule has 0 spiro atoms. The zero-order valence-electron chi connectivity index (χ0n) is 13.5. The van der Waals surface area contributed by atoms with E-state index in [1.165, 1.54) is 11.1 Å². The van der Waals surface area contributed by atoms with E-state index >= 15 is 0 Å². The van der Waals surface area contributed by atoms with Gasteiger partial charge in [-0.15, -0.1) is 0 Å². The maximum absolute atomic E-state index is 12.1. The number of fused-ring (bicyclic) bond motifs is 1. The number of hydrogen-bond acceptors (Lipinski definition) is 2. The van der Waals surface area contributed by atoms with Crippen LogP contribution in [0.4, 0.5) is 0 Å². The van der Waals surface area contributed by atoms with Crippen molar-refractivity contribution in [1.82, 2.24) is 15.1 Å². The number of hydrogen-bond donors (Lipinski definition) is 1. The Bertz CT molecular complexity index is 836. The van der Waals surface area contributed by atoms with E-state index in [-0.39, 0.29) is 5.91 Å². The Morgan fingerprint density at radius 3 is 2.70 bits per heavy atom. The molecule has 0 saturated heterocycles. The summed E-state index contributed by atoms with van der Waals surface area (Å²) in [4.78, 5) is 12.1. The molecule has 0 unspecified atom stereocenters. The van der Waals surface area contributed by atoms with Crippen LogP contribution < -0.4 is 5.32 Å². The molecule has 0 aliphatic carbocycles. The number of rotatable bonds is 5. The molecule has 0 bridgehead atoms. The fraction of sp³-hybridized carbons (Fsp3) is 0.263. The minimum atomic E-state index is 0.0459. The second-order valence-corrected chi connectivity index (χ2v) is 5.83. The number of amides is 1. The lowest BCUT2D eigenvalue weighted by atomic mass is 10.1. The van der Waals surface area contributed by atoms with E-state index in [0.29, 0.717) is 19.5 Å². The number of carbonyl (C=O) groups excluding carboxylic acids is 1. The molecule has 0 atom stereocenters. The maximum Gasteiger partial charge on any atom is 0.222 e. The van der Waals surface area contributed by atoms with Crippen LogP contribution in [0.1, 0.15) is 23.1 Å². The second-order valence-electron chi connectivity index (χ2n) is 5.83. The molecule has 0 aliphatic heterocycles. The minimum absolute atomic E-state index is 0.0459. The van der Waals surface area contributed by atoms with E-state index in [2.05, 4.69) is 36.4 Å². The number of carbonyl (C=O) groups is 1. The third kappa shape index (κ3) is 3.42. The fourth-order valence-corrected chi connectivity index (χ4v) is 2.72. The maximum atomic E-state index is 12.1. The van der Waals surface area contributed by atoms with E-state index < -0.39 is 0 Å². The summed E-state index contributed by atoms with van der Waals surface area (Å²) in [5, 5.41) is 8.52. The van der Waals surface area contributed by atoms with Gasteiger partial charge in [0.1, 0.15) is 0 Å². The highest BCUT2D eigenvalue weighted by Gasteiger charge is 2.07. The molecular weight excluding hydrogens is 286 g/mol. The van der Waals surface area contributed by atoms with Gasteiger partial charge < -0.3 is 5.32 Å². The van der Waals surface area contributed by atoms with Crippen LogP contribution in [0, 0.1) is 13.8 Å². The molecule has 1 N–H and O–H groups in total. The normalized spacial score (nSPS) is 10.9. The van der Waals surface area contributed by atoms with Crippen molar-refractivity contribution >= 4 is 16.8 Å². The first-order valence-electron chi connectivity index (χ1n) is 7.87. The van der Waals surface area contributed by atoms with Crippen molar-refractivity contribution in [3.8, 4) is 0 Å². The zero-order valence-corrected chi connectivity index (χ0v) is 13.5. The molecule has 0 saturated carbocycles. The summed E-state index contributed by atoms with van der Waals surface area (Å²) >= 11 is 0. The lowest BCUT2D eigenvalue weighted by Crippen LogP contribution is -2.24. The van der Waals surface area contributed by atoms with Crippen molar-refractivity contribution < 1.29 is 4.79 Å². The van der Waals surface area contributed by atoms with Gasteiger partial charge >= 0.3 is 0 Å². The van der Waals surface area contributed by atoms with E-state index in [0.717, 1.165) is 16.5 Å². The summed E-state index contributed by atoms with van der Waals surface area (Å²) in [5.41, 5.74) is 4.64. The SMILES string of the molecule is Cc1ccccc1CNC(=O)CCn1ncc2c(C)cccc21. The van der Waals surface area contributed by atoms with Gasteiger partial charge in [0, 0.05) is 18.4 Å². The van der Waals surface area contributed by atoms with Gasteiger partial charge in [-0.05, 0) is 36.6 Å². The van der Waals surface area contributed by atoms with Crippen molar-refractivity contribution in [3.63, 3.8) is 0 Å². The van der Waals surface area contributed by atoms with Crippen LogP contribution in [-0.4, -0.2) is 15.7 Å². The Hall–Kier alpha value is -2.62. The van der Waals surface area contributed by atoms with Crippen LogP contribution in [0.5, 0.6) is 0 Å². The van der Waals surface area contributed by atoms with Gasteiger partial charge in [-0.3, -0.25) is 9.48 Å². The van der Waals surface area contributed by atoms with Crippen molar-refractivity contribution in [1.29, 1.82) is 0 Å². The van der Waals surface area contributed by atoms with Crippen LogP contribution in [0.25, 0.3) is 10.9 Å². The number of nitrogens with zero attached hydrogens (tertiary/aromatic N) is 2. The Balaban J connectivity index is 1.58. The number of aryl methyl sites for hydroxylation is 3. The highest BCUT2D eigenvalue weighted by Crippen LogP contribution is 2.17. The van der Waals surface area contributed by atoms with Crippen molar-refractivity contribution in [2.24, 2.45) is 0 Å². The molecule has 3 rings (SSSR count). The molecule has 0 radical (unpaired) electrons. The van der Waals surface area contributed by atoms with Crippen LogP contribution >= 0.6 is 0 Å². The van der Waals surface area contributed by atoms with Gasteiger partial charge in [0.25, 0.3) is 0 Å². The highest BCUT2D eigenvalue weighted by atomic mass is 16.1. The monoisotopic (exact) mass is 307 g/mol. The molecule has 2 aromatic carbocycles. The number of aromatic nitrogens is 2. The summed E-state index contributed by atoms with van der Waals surface area (Å²) < 4.78 is 1.90. The number of nitrogens with one attached hydrogen (secondary N) is 1. The largest absolute Gasteiger partial charge is 0.352 e. The van der Waals surface area contributed by atoms with Crippen LogP contribution in [0.15, 0.2) is 48.7 Å². The summed E-state index contributed by atoms with van der Waals surface area (Å²) in [5.74, 6) is 0.0459. The molecule has 4 heteroatoms. The van der Waals surface area contributed by atoms with Gasteiger partial charge in [-0.2, -0.15) is 5.10 Å². The molecule has 1 heterocycles. The smallest absolute Gasteiger partial charge is 0.222 e. The second kappa shape index (κ2) is 6.65. The van der Waals surface area contributed by atoms with E-state index in [4.69, 9.17) is 0 Å². The first kappa shape index (κ1) is 15.3. The average Bonchev–Trinajstić information content (AvgIpc) is 2.97. The first-order chi connectivity index (χ1) is 11.1. The van der Waals surface area contributed by atoms with Gasteiger partial charge in [0.05, 0.1) is 18.3 Å². The van der Waals surface area contributed by atoms with E-state index in [9.17, 15) is 4.79 Å². The molecule has 118 valence electrons. The van der Waals surface area contributed by atoms with Crippen molar-refractivity contribution in [2.75, 3.05) is 0 Å². The standard InChI is InChI=1S/C19H21N3O/c1-14-6-3-4-8-16(14)12-20-19(23)10-11-22-18-9-5-7-15(2)17(18)13-21-22/h3-9,13H,10-12H2,1-2H3,(H,20,23). The molecule has 0 aliphatic rings. The molecular formula is C19H21N3O. The molecule has 1 aromatic heterocycles. The summed E-state index contributed by atoms with van der Waals surface area (Å²) in [7, 11) is 0. The van der Waals surface area contributed by atoms with Gasteiger partial charge in [0.15, 0.2) is 0 Å². The topological polar surface area (TPSA) is 46.9 Å². The average molecular weight is 307 g/mol. The first-order valence-corrected chi connectivity index (χ1v) is 7.87. The summed E-state index contributed by atoms with van der Waals surface area (Å²) in [6.45, 7) is 5.29. The quantitative estimate of drug-likeness (QED) is 0.785. The lowest BCUT2D eigenvalue weighted by molar-refractivity contribution is -0.121. The van der Waals surface area contributed by atoms with E-state index in [1.54, 1.807) is 0 Å². The third-order valence-electron chi connectivity index (χ3n) is 4.19. The van der Waals surface area contributed by atoms with Gasteiger partial charge in [-0.1, -0.05) is 36.4 Å². The van der Waals surface area contributed by atoms with Crippen molar-refractivity contribution in [3.05, 3.63) is 65.4 Å². The van der Waals surface area contributed by atoms with Crippen molar-refractivity contribution in [2.45, 2.75) is 33.4 Å². The van der Waals surface area contributed by atoms with Crippen LogP contribution in [0.2, 0.25) is 0 Å². The Kier molecular flexibility index (Phi) is 4.42.